The number of nitrogens with zero attached hydrogens (tertiary/aromatic N) is 2. The molecule has 0 aromatic carbocycles. The minimum absolute atomic E-state index is 0.182. The molecule has 0 saturated heterocycles. The second-order valence-electron chi connectivity index (χ2n) is 7.53. The van der Waals surface area contributed by atoms with E-state index in [2.05, 4.69) is 0 Å². The van der Waals surface area contributed by atoms with Crippen molar-refractivity contribution < 1.29 is 71.9 Å². The largest absolute Gasteiger partial charge is 0.384 e. The fourth-order valence-corrected chi connectivity index (χ4v) is 2.98. The van der Waals surface area contributed by atoms with Crippen molar-refractivity contribution in [3.63, 3.8) is 0 Å². The smallest absolute Gasteiger partial charge is 0.275 e. The van der Waals surface area contributed by atoms with Crippen molar-refractivity contribution in [2.75, 3.05) is 13.1 Å². The summed E-state index contributed by atoms with van der Waals surface area (Å²) < 4.78 is 167. The van der Waals surface area contributed by atoms with E-state index in [1.165, 1.54) is 0 Å². The van der Waals surface area contributed by atoms with Gasteiger partial charge in [0, 0.05) is 50.2 Å². The summed E-state index contributed by atoms with van der Waals surface area (Å²) >= 11 is 0. The fraction of sp³-hybridized carbons (Fsp3) is 0.556. The number of halogens is 12. The second-order valence-corrected chi connectivity index (χ2v) is 7.53. The van der Waals surface area contributed by atoms with Gasteiger partial charge in [0.25, 0.3) is 23.6 Å². The minimum atomic E-state index is -7.82. The minimum Gasteiger partial charge on any atom is -0.275 e. The zero-order chi connectivity index (χ0) is 28.1. The summed E-state index contributed by atoms with van der Waals surface area (Å²) in [5, 5.41) is 0. The lowest BCUT2D eigenvalue weighted by molar-refractivity contribution is -0.425. The average molecular weight is 548 g/mol. The summed E-state index contributed by atoms with van der Waals surface area (Å²) in [7, 11) is 0. The van der Waals surface area contributed by atoms with Crippen molar-refractivity contribution in [3.05, 3.63) is 24.3 Å². The van der Waals surface area contributed by atoms with Gasteiger partial charge in [0.15, 0.2) is 0 Å². The summed E-state index contributed by atoms with van der Waals surface area (Å²) in [6, 6.07) is 0. The Morgan fingerprint density at radius 1 is 0.444 bits per heavy atom. The van der Waals surface area contributed by atoms with Crippen LogP contribution >= 0.6 is 0 Å². The van der Waals surface area contributed by atoms with Gasteiger partial charge in [-0.15, -0.1) is 0 Å². The first kappa shape index (κ1) is 29.2. The molecule has 2 aliphatic heterocycles. The number of imide groups is 2. The quantitative estimate of drug-likeness (QED) is 0.293. The molecule has 0 aromatic rings. The van der Waals surface area contributed by atoms with Crippen molar-refractivity contribution in [1.82, 2.24) is 9.80 Å². The first-order valence-corrected chi connectivity index (χ1v) is 9.39. The van der Waals surface area contributed by atoms with Crippen molar-refractivity contribution >= 4 is 23.6 Å². The molecule has 18 heteroatoms. The van der Waals surface area contributed by atoms with Crippen LogP contribution in [0.2, 0.25) is 0 Å². The molecule has 0 spiro atoms. The number of hydrogen-bond donors (Lipinski definition) is 0. The van der Waals surface area contributed by atoms with E-state index in [0.29, 0.717) is 24.3 Å². The van der Waals surface area contributed by atoms with Crippen molar-refractivity contribution in [2.24, 2.45) is 0 Å². The highest BCUT2D eigenvalue weighted by molar-refractivity contribution is 6.13. The molecule has 0 aromatic heterocycles. The lowest BCUT2D eigenvalue weighted by Gasteiger charge is -2.41. The van der Waals surface area contributed by atoms with Gasteiger partial charge < -0.3 is 0 Å². The maximum atomic E-state index is 13.9. The maximum absolute atomic E-state index is 13.9. The number of alkyl halides is 12. The number of rotatable bonds is 11. The van der Waals surface area contributed by atoms with E-state index in [9.17, 15) is 71.9 Å². The first-order valence-electron chi connectivity index (χ1n) is 9.39. The van der Waals surface area contributed by atoms with Gasteiger partial charge in [-0.1, -0.05) is 0 Å². The summed E-state index contributed by atoms with van der Waals surface area (Å²) in [4.78, 5) is 44.6. The Morgan fingerprint density at radius 3 is 0.889 bits per heavy atom. The zero-order valence-corrected chi connectivity index (χ0v) is 17.2. The van der Waals surface area contributed by atoms with Gasteiger partial charge in [-0.3, -0.25) is 29.0 Å². The molecule has 2 aliphatic rings. The van der Waals surface area contributed by atoms with Crippen LogP contribution in [0.3, 0.4) is 0 Å². The molecule has 36 heavy (non-hydrogen) atoms. The van der Waals surface area contributed by atoms with Crippen LogP contribution in [-0.4, -0.2) is 82.1 Å². The van der Waals surface area contributed by atoms with Crippen LogP contribution in [-0.2, 0) is 19.2 Å². The van der Waals surface area contributed by atoms with Crippen LogP contribution in [0.5, 0.6) is 0 Å². The Bertz CT molecular complexity index is 906. The molecule has 0 fully saturated rings. The lowest BCUT2D eigenvalue weighted by atomic mass is 9.89. The van der Waals surface area contributed by atoms with Gasteiger partial charge in [-0.05, 0) is 0 Å². The fourth-order valence-electron chi connectivity index (χ4n) is 2.98. The normalized spacial score (nSPS) is 18.3. The predicted molar refractivity (Wildman–Crippen MR) is 90.6 cm³/mol. The Hall–Kier alpha value is -3.08. The number of carbonyl (C=O) groups excluding carboxylic acids is 4. The van der Waals surface area contributed by atoms with Crippen molar-refractivity contribution in [1.29, 1.82) is 0 Å². The molecule has 0 saturated carbocycles. The topological polar surface area (TPSA) is 74.8 Å². The van der Waals surface area contributed by atoms with E-state index >= 15 is 0 Å². The van der Waals surface area contributed by atoms with Crippen LogP contribution in [0.25, 0.3) is 0 Å². The molecule has 0 atom stereocenters. The molecule has 6 nitrogen and oxygen atoms in total. The Morgan fingerprint density at radius 2 is 0.667 bits per heavy atom. The highest BCUT2D eigenvalue weighted by atomic mass is 19.4. The van der Waals surface area contributed by atoms with Crippen LogP contribution in [0.1, 0.15) is 12.8 Å². The van der Waals surface area contributed by atoms with Gasteiger partial charge in [0.2, 0.25) is 0 Å². The van der Waals surface area contributed by atoms with Gasteiger partial charge in [0.05, 0.1) is 0 Å². The van der Waals surface area contributed by atoms with Gasteiger partial charge in [0.1, 0.15) is 0 Å². The first-order chi connectivity index (χ1) is 16.0. The molecule has 0 N–H and O–H groups in total. The van der Waals surface area contributed by atoms with Crippen molar-refractivity contribution in [2.45, 2.75) is 48.4 Å². The van der Waals surface area contributed by atoms with E-state index in [-0.39, 0.29) is 9.80 Å². The molecule has 0 aliphatic carbocycles. The highest BCUT2D eigenvalue weighted by Gasteiger charge is 2.89. The number of hydrogen-bond acceptors (Lipinski definition) is 4. The summed E-state index contributed by atoms with van der Waals surface area (Å²) in [5.41, 5.74) is 0. The van der Waals surface area contributed by atoms with Crippen LogP contribution in [0.4, 0.5) is 52.7 Å². The molecule has 202 valence electrons. The van der Waals surface area contributed by atoms with E-state index in [1.807, 2.05) is 0 Å². The van der Waals surface area contributed by atoms with Crippen molar-refractivity contribution in [3.8, 4) is 0 Å². The monoisotopic (exact) mass is 548 g/mol. The Balaban J connectivity index is 2.29. The molecule has 0 bridgehead atoms. The Labute approximate surface area is 192 Å². The summed E-state index contributed by atoms with van der Waals surface area (Å²) in [6.07, 6.45) is -3.41. The molecule has 4 amide bonds. The Kier molecular flexibility index (Phi) is 7.12. The average Bonchev–Trinajstić information content (AvgIpc) is 3.24. The predicted octanol–water partition coefficient (Wildman–Crippen LogP) is 3.43. The van der Waals surface area contributed by atoms with Gasteiger partial charge >= 0.3 is 35.5 Å². The standard InChI is InChI=1S/C18H12F12N2O4/c19-13(20,5-7-31-9(33)1-2-10(31)34)15(23,24)17(27,28)18(29,30)16(25,26)14(21,22)6-8-32-11(35)3-4-12(32)36/h1-4H,5-8H2. The number of carbonyl (C=O) groups is 4. The molecule has 2 heterocycles. The van der Waals surface area contributed by atoms with Crippen LogP contribution in [0.15, 0.2) is 24.3 Å². The lowest BCUT2D eigenvalue weighted by Crippen LogP contribution is -2.71. The molecule has 0 unspecified atom stereocenters. The summed E-state index contributed by atoms with van der Waals surface area (Å²) in [6.45, 7) is -3.49. The third-order valence-corrected chi connectivity index (χ3v) is 5.20. The maximum Gasteiger partial charge on any atom is 0.384 e. The zero-order valence-electron chi connectivity index (χ0n) is 17.2. The molecular weight excluding hydrogens is 536 g/mol. The second kappa shape index (κ2) is 8.79. The van der Waals surface area contributed by atoms with E-state index < -0.39 is 85.1 Å². The SMILES string of the molecule is O=C1C=CC(=O)N1CCC(F)(F)C(F)(F)C(F)(F)C(F)(F)C(F)(F)C(F)(F)CCN1C(=O)C=CC1=O. The molecule has 2 rings (SSSR count). The molecule has 0 radical (unpaired) electrons. The van der Waals surface area contributed by atoms with Gasteiger partial charge in [-0.25, -0.2) is 0 Å². The highest BCUT2D eigenvalue weighted by Crippen LogP contribution is 2.61. The third kappa shape index (κ3) is 4.33. The molecular formula is C18H12F12N2O4. The van der Waals surface area contributed by atoms with Crippen LogP contribution in [0, 0.1) is 0 Å². The third-order valence-electron chi connectivity index (χ3n) is 5.20. The van der Waals surface area contributed by atoms with E-state index in [1.54, 1.807) is 0 Å². The summed E-state index contributed by atoms with van der Waals surface area (Å²) in [5.74, 6) is -48.6. The van der Waals surface area contributed by atoms with E-state index in [4.69, 9.17) is 0 Å². The number of amides is 4. The van der Waals surface area contributed by atoms with Gasteiger partial charge in [-0.2, -0.15) is 52.7 Å². The van der Waals surface area contributed by atoms with Crippen LogP contribution < -0.4 is 0 Å². The van der Waals surface area contributed by atoms with E-state index in [0.717, 1.165) is 0 Å².